The molecule has 6 rings (SSSR count). The van der Waals surface area contributed by atoms with E-state index in [0.29, 0.717) is 0 Å². The van der Waals surface area contributed by atoms with Gasteiger partial charge in [-0.25, -0.2) is 9.97 Å². The number of para-hydroxylation sites is 4. The second-order valence-electron chi connectivity index (χ2n) is 6.37. The van der Waals surface area contributed by atoms with E-state index >= 15 is 0 Å². The summed E-state index contributed by atoms with van der Waals surface area (Å²) in [7, 11) is 0. The summed E-state index contributed by atoms with van der Waals surface area (Å²) >= 11 is 0. The lowest BCUT2D eigenvalue weighted by Crippen LogP contribution is -1.73. The molecule has 0 aliphatic carbocycles. The molecule has 0 N–H and O–H groups in total. The Morgan fingerprint density at radius 3 is 1.17 bits per heavy atom. The predicted octanol–water partition coefficient (Wildman–Crippen LogP) is 7.01. The van der Waals surface area contributed by atoms with E-state index in [0.717, 1.165) is 22.2 Å². The molecule has 0 saturated carbocycles. The van der Waals surface area contributed by atoms with E-state index in [9.17, 15) is 0 Å². The predicted molar refractivity (Wildman–Crippen MR) is 120 cm³/mol. The molecule has 0 unspecified atom stereocenters. The molecule has 4 aromatic carbocycles. The molecule has 0 amide bonds. The van der Waals surface area contributed by atoms with Crippen molar-refractivity contribution >= 4 is 22.2 Å². The topological polar surface area (TPSA) is 52.1 Å². The molecular formula is C26H20N2O2. The van der Waals surface area contributed by atoms with Gasteiger partial charge in [0, 0.05) is 0 Å². The van der Waals surface area contributed by atoms with Gasteiger partial charge in [-0.2, -0.15) is 0 Å². The van der Waals surface area contributed by atoms with Gasteiger partial charge in [0.15, 0.2) is 24.0 Å². The first-order valence-corrected chi connectivity index (χ1v) is 9.57. The van der Waals surface area contributed by atoms with Gasteiger partial charge in [0.05, 0.1) is 0 Å². The van der Waals surface area contributed by atoms with Crippen LogP contribution in [-0.4, -0.2) is 9.97 Å². The quantitative estimate of drug-likeness (QED) is 0.302. The van der Waals surface area contributed by atoms with Gasteiger partial charge < -0.3 is 8.83 Å². The number of fused-ring (bicyclic) bond motifs is 2. The Morgan fingerprint density at radius 2 is 0.767 bits per heavy atom. The van der Waals surface area contributed by atoms with Gasteiger partial charge >= 0.3 is 0 Å². The summed E-state index contributed by atoms with van der Waals surface area (Å²) in [6.07, 6.45) is 2.90. The molecule has 2 heterocycles. The highest BCUT2D eigenvalue weighted by molar-refractivity contribution is 5.71. The highest BCUT2D eigenvalue weighted by atomic mass is 16.3. The van der Waals surface area contributed by atoms with Crippen molar-refractivity contribution in [3.63, 3.8) is 0 Å². The highest BCUT2D eigenvalue weighted by Gasteiger charge is 1.93. The fraction of sp³-hybridized carbons (Fsp3) is 0. The lowest BCUT2D eigenvalue weighted by Gasteiger charge is -1.98. The number of aromatic nitrogens is 2. The number of rotatable bonds is 1. The SMILES string of the molecule is c1ccc(-c2ccccc2)cc1.c1ccc2ocnc2c1.c1ccc2ocnc2c1. The lowest BCUT2D eigenvalue weighted by atomic mass is 10.1. The van der Waals surface area contributed by atoms with E-state index in [2.05, 4.69) is 58.5 Å². The molecule has 0 fully saturated rings. The minimum atomic E-state index is 0.845. The largest absolute Gasteiger partial charge is 0.443 e. The monoisotopic (exact) mass is 392 g/mol. The van der Waals surface area contributed by atoms with Crippen LogP contribution in [0.1, 0.15) is 0 Å². The zero-order valence-electron chi connectivity index (χ0n) is 16.3. The maximum Gasteiger partial charge on any atom is 0.181 e. The molecule has 0 saturated heterocycles. The smallest absolute Gasteiger partial charge is 0.181 e. The van der Waals surface area contributed by atoms with Gasteiger partial charge in [-0.05, 0) is 35.4 Å². The summed E-state index contributed by atoms with van der Waals surface area (Å²) in [5, 5.41) is 0. The minimum Gasteiger partial charge on any atom is -0.443 e. The third kappa shape index (κ3) is 5.00. The van der Waals surface area contributed by atoms with Crippen LogP contribution in [0.25, 0.3) is 33.3 Å². The van der Waals surface area contributed by atoms with Crippen molar-refractivity contribution in [3.8, 4) is 11.1 Å². The Bertz CT molecular complexity index is 1130. The van der Waals surface area contributed by atoms with Gasteiger partial charge in [-0.1, -0.05) is 84.9 Å². The van der Waals surface area contributed by atoms with Crippen LogP contribution in [0.2, 0.25) is 0 Å². The molecule has 0 bridgehead atoms. The van der Waals surface area contributed by atoms with Crippen LogP contribution in [0.4, 0.5) is 0 Å². The molecule has 30 heavy (non-hydrogen) atoms. The first-order valence-electron chi connectivity index (χ1n) is 9.57. The third-order valence-corrected chi connectivity index (χ3v) is 4.35. The van der Waals surface area contributed by atoms with E-state index in [-0.39, 0.29) is 0 Å². The molecule has 4 heteroatoms. The van der Waals surface area contributed by atoms with Gasteiger partial charge in [0.1, 0.15) is 11.0 Å². The van der Waals surface area contributed by atoms with E-state index in [1.807, 2.05) is 60.7 Å². The van der Waals surface area contributed by atoms with Crippen molar-refractivity contribution in [2.24, 2.45) is 0 Å². The average molecular weight is 392 g/mol. The summed E-state index contributed by atoms with van der Waals surface area (Å²) in [5.41, 5.74) is 6.07. The van der Waals surface area contributed by atoms with Crippen LogP contribution in [0.5, 0.6) is 0 Å². The van der Waals surface area contributed by atoms with Crippen molar-refractivity contribution in [2.45, 2.75) is 0 Å². The Balaban J connectivity index is 0.000000111. The summed E-state index contributed by atoms with van der Waals surface area (Å²) in [4.78, 5) is 7.90. The molecule has 0 spiro atoms. The molecule has 4 nitrogen and oxygen atoms in total. The van der Waals surface area contributed by atoms with E-state index in [1.54, 1.807) is 0 Å². The molecule has 0 aliphatic rings. The molecule has 0 atom stereocenters. The van der Waals surface area contributed by atoms with Gasteiger partial charge in [0.25, 0.3) is 0 Å². The first-order chi connectivity index (χ1) is 14.9. The number of oxazole rings is 2. The lowest BCUT2D eigenvalue weighted by molar-refractivity contribution is 0.602. The summed E-state index contributed by atoms with van der Waals surface area (Å²) in [6, 6.07) is 36.1. The molecule has 0 radical (unpaired) electrons. The normalized spacial score (nSPS) is 10.0. The fourth-order valence-electron chi connectivity index (χ4n) is 2.87. The van der Waals surface area contributed by atoms with Crippen LogP contribution in [0.15, 0.2) is 131 Å². The van der Waals surface area contributed by atoms with Crippen molar-refractivity contribution in [1.29, 1.82) is 0 Å². The zero-order valence-corrected chi connectivity index (χ0v) is 16.3. The highest BCUT2D eigenvalue weighted by Crippen LogP contribution is 2.17. The molecule has 2 aromatic heterocycles. The van der Waals surface area contributed by atoms with Crippen LogP contribution < -0.4 is 0 Å². The molecule has 0 aliphatic heterocycles. The zero-order chi connectivity index (χ0) is 20.4. The van der Waals surface area contributed by atoms with Gasteiger partial charge in [0.2, 0.25) is 0 Å². The standard InChI is InChI=1S/C12H10.2C7H5NO/c1-3-7-11(8-4-1)12-9-5-2-6-10-12;2*1-2-4-7-6(3-1)8-5-9-7/h1-10H;2*1-5H. The molecular weight excluding hydrogens is 372 g/mol. The fourth-order valence-corrected chi connectivity index (χ4v) is 2.87. The van der Waals surface area contributed by atoms with Crippen molar-refractivity contribution in [1.82, 2.24) is 9.97 Å². The van der Waals surface area contributed by atoms with E-state index < -0.39 is 0 Å². The second kappa shape index (κ2) is 9.85. The van der Waals surface area contributed by atoms with Crippen LogP contribution >= 0.6 is 0 Å². The maximum atomic E-state index is 5.01. The van der Waals surface area contributed by atoms with Crippen LogP contribution in [-0.2, 0) is 0 Å². The van der Waals surface area contributed by atoms with E-state index in [4.69, 9.17) is 8.83 Å². The second-order valence-corrected chi connectivity index (χ2v) is 6.37. The number of hydrogen-bond acceptors (Lipinski definition) is 4. The van der Waals surface area contributed by atoms with Crippen LogP contribution in [0, 0.1) is 0 Å². The van der Waals surface area contributed by atoms with Gasteiger partial charge in [-0.15, -0.1) is 0 Å². The summed E-state index contributed by atoms with van der Waals surface area (Å²) in [5.74, 6) is 0. The summed E-state index contributed by atoms with van der Waals surface area (Å²) < 4.78 is 10.0. The Kier molecular flexibility index (Phi) is 6.28. The number of hydrogen-bond donors (Lipinski definition) is 0. The van der Waals surface area contributed by atoms with Crippen LogP contribution in [0.3, 0.4) is 0 Å². The first kappa shape index (κ1) is 19.2. The number of nitrogens with zero attached hydrogens (tertiary/aromatic N) is 2. The number of benzene rings is 4. The van der Waals surface area contributed by atoms with Crippen molar-refractivity contribution in [2.75, 3.05) is 0 Å². The van der Waals surface area contributed by atoms with E-state index in [1.165, 1.54) is 23.9 Å². The Hall–Kier alpha value is -4.18. The minimum absolute atomic E-state index is 0.845. The molecule has 146 valence electrons. The molecule has 6 aromatic rings. The Morgan fingerprint density at radius 1 is 0.400 bits per heavy atom. The van der Waals surface area contributed by atoms with Crippen molar-refractivity contribution < 1.29 is 8.83 Å². The average Bonchev–Trinajstić information content (AvgIpc) is 3.51. The Labute approximate surface area is 174 Å². The van der Waals surface area contributed by atoms with Crippen molar-refractivity contribution in [3.05, 3.63) is 122 Å². The van der Waals surface area contributed by atoms with Gasteiger partial charge in [-0.3, -0.25) is 0 Å². The maximum absolute atomic E-state index is 5.01. The summed E-state index contributed by atoms with van der Waals surface area (Å²) in [6.45, 7) is 0. The third-order valence-electron chi connectivity index (χ3n) is 4.35.